The third-order valence-electron chi connectivity index (χ3n) is 2.09. The molecule has 1 heterocycles. The lowest BCUT2D eigenvalue weighted by Crippen LogP contribution is -2.30. The Hall–Kier alpha value is -0.570. The second kappa shape index (κ2) is 3.44. The summed E-state index contributed by atoms with van der Waals surface area (Å²) in [5.74, 6) is 0. The number of rotatable bonds is 2. The van der Waals surface area contributed by atoms with E-state index in [0.717, 1.165) is 5.00 Å². The predicted octanol–water partition coefficient (Wildman–Crippen LogP) is 2.99. The Bertz CT molecular complexity index is 223. The highest BCUT2D eigenvalue weighted by molar-refractivity contribution is 7.13. The summed E-state index contributed by atoms with van der Waals surface area (Å²) in [5, 5.41) is 4.57. The molecular formula is C9H16N2S. The Morgan fingerprint density at radius 1 is 1.50 bits per heavy atom. The zero-order valence-corrected chi connectivity index (χ0v) is 8.90. The molecule has 1 atom stereocenters. The molecule has 0 spiro atoms. The van der Waals surface area contributed by atoms with Crippen molar-refractivity contribution in [2.45, 2.75) is 33.7 Å². The first kappa shape index (κ1) is 9.52. The van der Waals surface area contributed by atoms with Gasteiger partial charge in [0.25, 0.3) is 0 Å². The molecule has 0 aromatic carbocycles. The minimum Gasteiger partial charge on any atom is -0.373 e. The first-order valence-electron chi connectivity index (χ1n) is 4.15. The quantitative estimate of drug-likeness (QED) is 0.764. The van der Waals surface area contributed by atoms with Crippen molar-refractivity contribution in [3.05, 3.63) is 11.7 Å². The Morgan fingerprint density at radius 3 is 2.58 bits per heavy atom. The molecule has 0 saturated carbocycles. The number of hydrogen-bond acceptors (Lipinski definition) is 3. The van der Waals surface area contributed by atoms with Crippen LogP contribution in [0.5, 0.6) is 0 Å². The molecule has 0 aliphatic carbocycles. The average molecular weight is 184 g/mol. The van der Waals surface area contributed by atoms with E-state index in [1.165, 1.54) is 0 Å². The fourth-order valence-electron chi connectivity index (χ4n) is 0.717. The summed E-state index contributed by atoms with van der Waals surface area (Å²) in [5.41, 5.74) is 2.14. The Kier molecular flexibility index (Phi) is 2.73. The van der Waals surface area contributed by atoms with Crippen molar-refractivity contribution >= 4 is 16.3 Å². The molecule has 1 aromatic rings. The maximum Gasteiger partial charge on any atom is 0.109 e. The number of anilines is 1. The van der Waals surface area contributed by atoms with Crippen LogP contribution in [-0.2, 0) is 0 Å². The van der Waals surface area contributed by atoms with E-state index >= 15 is 0 Å². The van der Waals surface area contributed by atoms with Gasteiger partial charge in [0.1, 0.15) is 5.00 Å². The number of aromatic nitrogens is 1. The summed E-state index contributed by atoms with van der Waals surface area (Å²) in [6, 6.07) is 0.470. The van der Waals surface area contributed by atoms with Gasteiger partial charge in [-0.1, -0.05) is 20.8 Å². The lowest BCUT2D eigenvalue weighted by molar-refractivity contribution is 0.360. The largest absolute Gasteiger partial charge is 0.373 e. The molecule has 3 heteroatoms. The molecule has 0 aliphatic rings. The summed E-state index contributed by atoms with van der Waals surface area (Å²) >= 11 is 1.65. The fourth-order valence-corrected chi connectivity index (χ4v) is 1.32. The minimum atomic E-state index is 0.296. The second-order valence-corrected chi connectivity index (χ2v) is 4.98. The molecule has 0 aliphatic heterocycles. The summed E-state index contributed by atoms with van der Waals surface area (Å²) in [4.78, 5) is 4.01. The van der Waals surface area contributed by atoms with Gasteiger partial charge < -0.3 is 5.32 Å². The van der Waals surface area contributed by atoms with Gasteiger partial charge in [-0.15, -0.1) is 11.3 Å². The van der Waals surface area contributed by atoms with Crippen molar-refractivity contribution in [2.24, 2.45) is 5.41 Å². The van der Waals surface area contributed by atoms with Gasteiger partial charge in [0.15, 0.2) is 0 Å². The molecule has 0 radical (unpaired) electrons. The average Bonchev–Trinajstić information content (AvgIpc) is 2.37. The predicted molar refractivity (Wildman–Crippen MR) is 54.7 cm³/mol. The van der Waals surface area contributed by atoms with Crippen molar-refractivity contribution in [3.8, 4) is 0 Å². The Balaban J connectivity index is 2.53. The third-order valence-corrected chi connectivity index (χ3v) is 2.79. The first-order valence-corrected chi connectivity index (χ1v) is 5.03. The third kappa shape index (κ3) is 2.48. The van der Waals surface area contributed by atoms with E-state index < -0.39 is 0 Å². The lowest BCUT2D eigenvalue weighted by Gasteiger charge is -2.28. The van der Waals surface area contributed by atoms with E-state index in [-0.39, 0.29) is 0 Å². The van der Waals surface area contributed by atoms with Gasteiger partial charge in [-0.3, -0.25) is 4.98 Å². The van der Waals surface area contributed by atoms with Crippen molar-refractivity contribution < 1.29 is 0 Å². The van der Waals surface area contributed by atoms with E-state index in [0.29, 0.717) is 11.5 Å². The van der Waals surface area contributed by atoms with Gasteiger partial charge in [-0.05, 0) is 12.3 Å². The molecule has 1 rings (SSSR count). The number of hydrogen-bond donors (Lipinski definition) is 1. The summed E-state index contributed by atoms with van der Waals surface area (Å²) in [7, 11) is 0. The van der Waals surface area contributed by atoms with Gasteiger partial charge >= 0.3 is 0 Å². The van der Waals surface area contributed by atoms with E-state index in [1.54, 1.807) is 11.3 Å². The van der Waals surface area contributed by atoms with Crippen LogP contribution in [0.3, 0.4) is 0 Å². The summed E-state index contributed by atoms with van der Waals surface area (Å²) in [6.45, 7) is 8.88. The van der Waals surface area contributed by atoms with Crippen molar-refractivity contribution in [3.63, 3.8) is 0 Å². The standard InChI is InChI=1S/C9H16N2S/c1-7(9(2,3)4)11-8-5-10-6-12-8/h5-7,11H,1-4H3. The topological polar surface area (TPSA) is 24.9 Å². The summed E-state index contributed by atoms with van der Waals surface area (Å²) < 4.78 is 0. The maximum atomic E-state index is 4.01. The van der Waals surface area contributed by atoms with E-state index in [1.807, 2.05) is 11.7 Å². The van der Waals surface area contributed by atoms with Gasteiger partial charge in [-0.2, -0.15) is 0 Å². The highest BCUT2D eigenvalue weighted by Gasteiger charge is 2.19. The Morgan fingerprint density at radius 2 is 2.17 bits per heavy atom. The van der Waals surface area contributed by atoms with Gasteiger partial charge in [-0.25, -0.2) is 0 Å². The SMILES string of the molecule is CC(Nc1cncs1)C(C)(C)C. The fraction of sp³-hybridized carbons (Fsp3) is 0.667. The number of nitrogens with one attached hydrogen (secondary N) is 1. The smallest absolute Gasteiger partial charge is 0.109 e. The van der Waals surface area contributed by atoms with E-state index in [2.05, 4.69) is 38.0 Å². The number of thiazole rings is 1. The molecule has 12 heavy (non-hydrogen) atoms. The lowest BCUT2D eigenvalue weighted by atomic mass is 9.88. The van der Waals surface area contributed by atoms with Crippen LogP contribution >= 0.6 is 11.3 Å². The molecular weight excluding hydrogens is 168 g/mol. The van der Waals surface area contributed by atoms with Crippen molar-refractivity contribution in [2.75, 3.05) is 5.32 Å². The number of nitrogens with zero attached hydrogens (tertiary/aromatic N) is 1. The molecule has 68 valence electrons. The minimum absolute atomic E-state index is 0.296. The molecule has 0 fully saturated rings. The highest BCUT2D eigenvalue weighted by Crippen LogP contribution is 2.24. The zero-order chi connectivity index (χ0) is 9.19. The monoisotopic (exact) mass is 184 g/mol. The van der Waals surface area contributed by atoms with Crippen LogP contribution in [0.1, 0.15) is 27.7 Å². The normalized spacial score (nSPS) is 14.3. The van der Waals surface area contributed by atoms with Gasteiger partial charge in [0.05, 0.1) is 11.7 Å². The van der Waals surface area contributed by atoms with Crippen LogP contribution in [0.25, 0.3) is 0 Å². The highest BCUT2D eigenvalue weighted by atomic mass is 32.1. The van der Waals surface area contributed by atoms with Crippen LogP contribution in [-0.4, -0.2) is 11.0 Å². The maximum absolute atomic E-state index is 4.01. The van der Waals surface area contributed by atoms with Crippen molar-refractivity contribution in [1.29, 1.82) is 0 Å². The van der Waals surface area contributed by atoms with Crippen LogP contribution < -0.4 is 5.32 Å². The molecule has 1 unspecified atom stereocenters. The van der Waals surface area contributed by atoms with Crippen LogP contribution in [0.4, 0.5) is 5.00 Å². The molecule has 1 aromatic heterocycles. The Labute approximate surface area is 78.0 Å². The molecule has 0 saturated heterocycles. The molecule has 0 amide bonds. The first-order chi connectivity index (χ1) is 5.50. The van der Waals surface area contributed by atoms with Gasteiger partial charge in [0, 0.05) is 6.04 Å². The van der Waals surface area contributed by atoms with Crippen LogP contribution in [0.15, 0.2) is 11.7 Å². The van der Waals surface area contributed by atoms with Crippen LogP contribution in [0.2, 0.25) is 0 Å². The second-order valence-electron chi connectivity index (χ2n) is 4.10. The molecule has 0 bridgehead atoms. The van der Waals surface area contributed by atoms with Gasteiger partial charge in [0.2, 0.25) is 0 Å². The zero-order valence-electron chi connectivity index (χ0n) is 8.09. The summed E-state index contributed by atoms with van der Waals surface area (Å²) in [6.07, 6.45) is 1.87. The van der Waals surface area contributed by atoms with Crippen LogP contribution in [0, 0.1) is 5.41 Å². The molecule has 2 nitrogen and oxygen atoms in total. The van der Waals surface area contributed by atoms with E-state index in [4.69, 9.17) is 0 Å². The molecule has 1 N–H and O–H groups in total. The van der Waals surface area contributed by atoms with Crippen molar-refractivity contribution in [1.82, 2.24) is 4.98 Å². The van der Waals surface area contributed by atoms with E-state index in [9.17, 15) is 0 Å².